The molecule has 0 saturated carbocycles. The Morgan fingerprint density at radius 3 is 2.69 bits per heavy atom. The van der Waals surface area contributed by atoms with Crippen molar-refractivity contribution in [3.05, 3.63) is 47.6 Å². The van der Waals surface area contributed by atoms with E-state index in [0.717, 1.165) is 11.3 Å². The summed E-state index contributed by atoms with van der Waals surface area (Å²) >= 11 is 0. The van der Waals surface area contributed by atoms with Crippen molar-refractivity contribution < 1.29 is 9.53 Å². The van der Waals surface area contributed by atoms with Crippen LogP contribution < -0.4 is 4.74 Å². The predicted octanol–water partition coefficient (Wildman–Crippen LogP) is 3.16. The summed E-state index contributed by atoms with van der Waals surface area (Å²) in [4.78, 5) is 10.7. The second kappa shape index (κ2) is 5.91. The van der Waals surface area contributed by atoms with Crippen LogP contribution in [0.25, 0.3) is 6.08 Å². The normalized spacial score (nSPS) is 11.2. The monoisotopic (exact) mass is 216 g/mol. The van der Waals surface area contributed by atoms with Crippen LogP contribution >= 0.6 is 0 Å². The maximum absolute atomic E-state index is 10.7. The lowest BCUT2D eigenvalue weighted by Gasteiger charge is -2.03. The Morgan fingerprint density at radius 2 is 2.06 bits per heavy atom. The second-order valence-electron chi connectivity index (χ2n) is 3.55. The van der Waals surface area contributed by atoms with E-state index in [1.54, 1.807) is 13.2 Å². The number of allylic oxidation sites excluding steroid dienone is 3. The Kier molecular flexibility index (Phi) is 4.52. The van der Waals surface area contributed by atoms with E-state index in [9.17, 15) is 4.79 Å². The summed E-state index contributed by atoms with van der Waals surface area (Å²) in [5, 5.41) is 0. The van der Waals surface area contributed by atoms with E-state index in [2.05, 4.69) is 0 Å². The van der Waals surface area contributed by atoms with Crippen LogP contribution in [0.1, 0.15) is 18.1 Å². The Balaban J connectivity index is 2.83. The molecule has 0 amide bonds. The molecule has 0 bridgehead atoms. The SMILES string of the molecule is COc1ccc(C)c(/C=C/C=C/C(C)=O)c1. The highest BCUT2D eigenvalue weighted by molar-refractivity contribution is 5.87. The number of hydrogen-bond acceptors (Lipinski definition) is 2. The third-order valence-electron chi connectivity index (χ3n) is 2.20. The molecule has 0 fully saturated rings. The van der Waals surface area contributed by atoms with Crippen molar-refractivity contribution in [3.63, 3.8) is 0 Å². The quantitative estimate of drug-likeness (QED) is 0.571. The molecule has 2 nitrogen and oxygen atoms in total. The van der Waals surface area contributed by atoms with Crippen LogP contribution in [0.4, 0.5) is 0 Å². The van der Waals surface area contributed by atoms with Crippen LogP contribution in [0, 0.1) is 6.92 Å². The van der Waals surface area contributed by atoms with Gasteiger partial charge in [0.15, 0.2) is 5.78 Å². The van der Waals surface area contributed by atoms with Gasteiger partial charge in [-0.25, -0.2) is 0 Å². The molecule has 0 unspecified atom stereocenters. The van der Waals surface area contributed by atoms with Crippen LogP contribution in [0.2, 0.25) is 0 Å². The second-order valence-corrected chi connectivity index (χ2v) is 3.55. The number of ketones is 1. The fourth-order valence-corrected chi connectivity index (χ4v) is 1.28. The maximum atomic E-state index is 10.7. The molecule has 0 aromatic heterocycles. The molecule has 2 heteroatoms. The zero-order chi connectivity index (χ0) is 12.0. The predicted molar refractivity (Wildman–Crippen MR) is 66.6 cm³/mol. The van der Waals surface area contributed by atoms with Crippen LogP contribution in [-0.2, 0) is 4.79 Å². The minimum atomic E-state index is 0.0482. The largest absolute Gasteiger partial charge is 0.497 e. The number of carbonyl (C=O) groups excluding carboxylic acids is 1. The number of benzene rings is 1. The molecule has 0 N–H and O–H groups in total. The maximum Gasteiger partial charge on any atom is 0.152 e. The smallest absolute Gasteiger partial charge is 0.152 e. The lowest BCUT2D eigenvalue weighted by Crippen LogP contribution is -1.85. The standard InChI is InChI=1S/C14H16O2/c1-11-8-9-14(16-3)10-13(11)7-5-4-6-12(2)15/h4-10H,1-3H3/b6-4+,7-5+. The first-order valence-corrected chi connectivity index (χ1v) is 5.13. The first-order chi connectivity index (χ1) is 7.63. The number of hydrogen-bond donors (Lipinski definition) is 0. The van der Waals surface area contributed by atoms with E-state index < -0.39 is 0 Å². The van der Waals surface area contributed by atoms with Crippen molar-refractivity contribution in [1.29, 1.82) is 0 Å². The molecule has 0 aliphatic heterocycles. The van der Waals surface area contributed by atoms with Crippen molar-refractivity contribution in [2.24, 2.45) is 0 Å². The Hall–Kier alpha value is -1.83. The third kappa shape index (κ3) is 3.73. The van der Waals surface area contributed by atoms with E-state index in [1.165, 1.54) is 18.6 Å². The number of methoxy groups -OCH3 is 1. The summed E-state index contributed by atoms with van der Waals surface area (Å²) in [6.45, 7) is 3.56. The Bertz CT molecular complexity index is 428. The molecule has 0 atom stereocenters. The van der Waals surface area contributed by atoms with Crippen molar-refractivity contribution in [2.45, 2.75) is 13.8 Å². The lowest BCUT2D eigenvalue weighted by molar-refractivity contribution is -0.112. The van der Waals surface area contributed by atoms with Gasteiger partial charge in [0, 0.05) is 0 Å². The highest BCUT2D eigenvalue weighted by Crippen LogP contribution is 2.18. The van der Waals surface area contributed by atoms with E-state index in [-0.39, 0.29) is 5.78 Å². The fourth-order valence-electron chi connectivity index (χ4n) is 1.28. The third-order valence-corrected chi connectivity index (χ3v) is 2.20. The molecule has 0 saturated heterocycles. The van der Waals surface area contributed by atoms with E-state index in [1.807, 2.05) is 37.3 Å². The molecule has 1 aromatic carbocycles. The molecule has 16 heavy (non-hydrogen) atoms. The molecule has 1 rings (SSSR count). The van der Waals surface area contributed by atoms with Crippen molar-refractivity contribution in [2.75, 3.05) is 7.11 Å². The zero-order valence-electron chi connectivity index (χ0n) is 9.86. The number of rotatable bonds is 4. The molecule has 1 aromatic rings. The molecule has 0 spiro atoms. The van der Waals surface area contributed by atoms with E-state index in [4.69, 9.17) is 4.74 Å². The molecule has 0 heterocycles. The molecule has 0 aliphatic carbocycles. The average Bonchev–Trinajstić information content (AvgIpc) is 2.26. The number of carbonyl (C=O) groups is 1. The van der Waals surface area contributed by atoms with Crippen LogP contribution in [0.15, 0.2) is 36.4 Å². The summed E-state index contributed by atoms with van der Waals surface area (Å²) in [5.74, 6) is 0.882. The molecule has 0 radical (unpaired) electrons. The van der Waals surface area contributed by atoms with Gasteiger partial charge in [0.25, 0.3) is 0 Å². The molecule has 84 valence electrons. The zero-order valence-corrected chi connectivity index (χ0v) is 9.86. The highest BCUT2D eigenvalue weighted by Gasteiger charge is 1.96. The fraction of sp³-hybridized carbons (Fsp3) is 0.214. The minimum Gasteiger partial charge on any atom is -0.497 e. The number of ether oxygens (including phenoxy) is 1. The Labute approximate surface area is 96.2 Å². The van der Waals surface area contributed by atoms with Gasteiger partial charge in [0.1, 0.15) is 5.75 Å². The average molecular weight is 216 g/mol. The molecule has 0 aliphatic rings. The summed E-state index contributed by atoms with van der Waals surface area (Å²) in [7, 11) is 1.65. The Morgan fingerprint density at radius 1 is 1.31 bits per heavy atom. The van der Waals surface area contributed by atoms with Gasteiger partial charge in [-0.05, 0) is 43.2 Å². The van der Waals surface area contributed by atoms with Crippen LogP contribution in [0.3, 0.4) is 0 Å². The lowest BCUT2D eigenvalue weighted by atomic mass is 10.1. The van der Waals surface area contributed by atoms with Gasteiger partial charge >= 0.3 is 0 Å². The van der Waals surface area contributed by atoms with Gasteiger partial charge in [0.05, 0.1) is 7.11 Å². The summed E-state index contributed by atoms with van der Waals surface area (Å²) in [6, 6.07) is 5.90. The minimum absolute atomic E-state index is 0.0482. The molecular weight excluding hydrogens is 200 g/mol. The summed E-state index contributed by atoms with van der Waals surface area (Å²) in [6.07, 6.45) is 7.08. The first-order valence-electron chi connectivity index (χ1n) is 5.13. The first kappa shape index (κ1) is 12.2. The van der Waals surface area contributed by atoms with Gasteiger partial charge in [-0.2, -0.15) is 0 Å². The van der Waals surface area contributed by atoms with Crippen molar-refractivity contribution in [3.8, 4) is 5.75 Å². The van der Waals surface area contributed by atoms with Crippen molar-refractivity contribution in [1.82, 2.24) is 0 Å². The molecular formula is C14H16O2. The van der Waals surface area contributed by atoms with Crippen LogP contribution in [0.5, 0.6) is 5.75 Å². The highest BCUT2D eigenvalue weighted by atomic mass is 16.5. The van der Waals surface area contributed by atoms with E-state index >= 15 is 0 Å². The van der Waals surface area contributed by atoms with Gasteiger partial charge in [-0.15, -0.1) is 0 Å². The van der Waals surface area contributed by atoms with Gasteiger partial charge < -0.3 is 4.74 Å². The topological polar surface area (TPSA) is 26.3 Å². The summed E-state index contributed by atoms with van der Waals surface area (Å²) in [5.41, 5.74) is 2.26. The van der Waals surface area contributed by atoms with Gasteiger partial charge in [-0.3, -0.25) is 4.79 Å². The van der Waals surface area contributed by atoms with Crippen LogP contribution in [-0.4, -0.2) is 12.9 Å². The van der Waals surface area contributed by atoms with Crippen molar-refractivity contribution >= 4 is 11.9 Å². The van der Waals surface area contributed by atoms with Gasteiger partial charge in [0.2, 0.25) is 0 Å². The van der Waals surface area contributed by atoms with Gasteiger partial charge in [-0.1, -0.05) is 24.3 Å². The summed E-state index contributed by atoms with van der Waals surface area (Å²) < 4.78 is 5.15. The number of aryl methyl sites for hydroxylation is 1. The van der Waals surface area contributed by atoms with E-state index in [0.29, 0.717) is 0 Å².